The molecule has 1 aromatic carbocycles. The van der Waals surface area contributed by atoms with Gasteiger partial charge in [-0.3, -0.25) is 9.69 Å². The van der Waals surface area contributed by atoms with Crippen molar-refractivity contribution in [3.05, 3.63) is 42.0 Å². The van der Waals surface area contributed by atoms with Crippen LogP contribution in [0.15, 0.2) is 30.5 Å². The molecule has 0 radical (unpaired) electrons. The number of hydrogen-bond donors (Lipinski definition) is 2. The summed E-state index contributed by atoms with van der Waals surface area (Å²) >= 11 is 0. The first-order chi connectivity index (χ1) is 15.2. The molecule has 0 unspecified atom stereocenters. The van der Waals surface area contributed by atoms with Crippen LogP contribution in [0.3, 0.4) is 0 Å². The smallest absolute Gasteiger partial charge is 0.269 e. The molecular weight excluding hydrogens is 409 g/mol. The summed E-state index contributed by atoms with van der Waals surface area (Å²) in [6.45, 7) is 8.44. The van der Waals surface area contributed by atoms with Crippen LogP contribution in [0.4, 0.5) is 21.7 Å². The number of H-pyrrole nitrogens is 1. The van der Waals surface area contributed by atoms with Crippen molar-refractivity contribution < 1.29 is 9.18 Å². The zero-order valence-corrected chi connectivity index (χ0v) is 18.8. The Labute approximate surface area is 186 Å². The lowest BCUT2D eigenvalue weighted by atomic mass is 9.72. The van der Waals surface area contributed by atoms with E-state index >= 15 is 0 Å². The Bertz CT molecular complexity index is 1170. The van der Waals surface area contributed by atoms with Gasteiger partial charge in [0.1, 0.15) is 17.2 Å². The van der Waals surface area contributed by atoms with E-state index in [4.69, 9.17) is 0 Å². The third kappa shape index (κ3) is 3.56. The highest BCUT2D eigenvalue weighted by molar-refractivity contribution is 5.97. The van der Waals surface area contributed by atoms with E-state index in [-0.39, 0.29) is 11.7 Å². The molecule has 8 nitrogen and oxygen atoms in total. The molecule has 2 saturated heterocycles. The van der Waals surface area contributed by atoms with Crippen molar-refractivity contribution in [2.45, 2.75) is 19.9 Å². The van der Waals surface area contributed by atoms with Gasteiger partial charge in [-0.25, -0.2) is 9.37 Å². The molecule has 2 aromatic heterocycles. The molecule has 32 heavy (non-hydrogen) atoms. The van der Waals surface area contributed by atoms with Gasteiger partial charge in [0.05, 0.1) is 5.69 Å². The lowest BCUT2D eigenvalue weighted by Gasteiger charge is -2.62. The monoisotopic (exact) mass is 437 g/mol. The fourth-order valence-electron chi connectivity index (χ4n) is 4.62. The number of aromatic nitrogens is 3. The van der Waals surface area contributed by atoms with Crippen LogP contribution in [0, 0.1) is 11.2 Å². The number of nitrogens with one attached hydrogen (secondary N) is 2. The third-order valence-electron chi connectivity index (χ3n) is 6.41. The summed E-state index contributed by atoms with van der Waals surface area (Å²) in [7, 11) is 3.38. The number of carbonyl (C=O) groups excluding carboxylic acids is 1. The highest BCUT2D eigenvalue weighted by atomic mass is 19.1. The minimum absolute atomic E-state index is 0.137. The second kappa shape index (κ2) is 7.44. The second-order valence-electron chi connectivity index (χ2n) is 9.53. The first-order valence-corrected chi connectivity index (χ1v) is 10.9. The summed E-state index contributed by atoms with van der Waals surface area (Å²) in [4.78, 5) is 29.9. The normalized spacial score (nSPS) is 17.5. The third-order valence-corrected chi connectivity index (χ3v) is 6.41. The van der Waals surface area contributed by atoms with Gasteiger partial charge in [0.2, 0.25) is 5.95 Å². The van der Waals surface area contributed by atoms with Gasteiger partial charge in [0, 0.05) is 69.0 Å². The van der Waals surface area contributed by atoms with Gasteiger partial charge in [-0.1, -0.05) is 0 Å². The number of rotatable bonds is 5. The Balaban J connectivity index is 1.26. The van der Waals surface area contributed by atoms with Crippen LogP contribution in [0.5, 0.6) is 0 Å². The van der Waals surface area contributed by atoms with Crippen LogP contribution < -0.4 is 10.2 Å². The van der Waals surface area contributed by atoms with Crippen molar-refractivity contribution in [2.75, 3.05) is 50.5 Å². The Hall–Kier alpha value is -3.20. The molecule has 4 heterocycles. The van der Waals surface area contributed by atoms with Gasteiger partial charge in [-0.15, -0.1) is 0 Å². The number of fused-ring (bicyclic) bond motifs is 1. The first kappa shape index (κ1) is 20.7. The van der Waals surface area contributed by atoms with E-state index in [1.165, 1.54) is 11.0 Å². The summed E-state index contributed by atoms with van der Waals surface area (Å²) in [6.07, 6.45) is 1.64. The maximum absolute atomic E-state index is 14.8. The quantitative estimate of drug-likeness (QED) is 0.639. The van der Waals surface area contributed by atoms with Crippen molar-refractivity contribution in [1.29, 1.82) is 0 Å². The van der Waals surface area contributed by atoms with Gasteiger partial charge in [-0.05, 0) is 38.1 Å². The molecule has 0 aliphatic carbocycles. The van der Waals surface area contributed by atoms with Gasteiger partial charge >= 0.3 is 0 Å². The summed E-state index contributed by atoms with van der Waals surface area (Å²) < 4.78 is 14.8. The van der Waals surface area contributed by atoms with E-state index in [1.54, 1.807) is 26.4 Å². The maximum Gasteiger partial charge on any atom is 0.269 e. The molecule has 3 aromatic rings. The standard InChI is InChI=1S/C23H28FN7O/c1-14(2)30-10-23(11-30)12-31(13-23)19-6-5-16(8-17(19)24)26-22-25-9-15-7-18(21(32)29(3)4)27-20(15)28-22/h5-9,14H,10-13H2,1-4H3,(H2,25,26,27,28). The summed E-state index contributed by atoms with van der Waals surface area (Å²) in [5.41, 5.74) is 2.54. The summed E-state index contributed by atoms with van der Waals surface area (Å²) in [6, 6.07) is 7.42. The topological polar surface area (TPSA) is 80.4 Å². The van der Waals surface area contributed by atoms with Crippen LogP contribution >= 0.6 is 0 Å². The van der Waals surface area contributed by atoms with Gasteiger partial charge in [-0.2, -0.15) is 4.98 Å². The van der Waals surface area contributed by atoms with Crippen molar-refractivity contribution in [2.24, 2.45) is 5.41 Å². The zero-order valence-electron chi connectivity index (χ0n) is 18.8. The maximum atomic E-state index is 14.8. The molecule has 0 saturated carbocycles. The summed E-state index contributed by atoms with van der Waals surface area (Å²) in [5.74, 6) is -0.0621. The average Bonchev–Trinajstić information content (AvgIpc) is 3.09. The Morgan fingerprint density at radius 1 is 1.22 bits per heavy atom. The average molecular weight is 438 g/mol. The van der Waals surface area contributed by atoms with Crippen molar-refractivity contribution in [3.63, 3.8) is 0 Å². The number of halogens is 1. The Morgan fingerprint density at radius 2 is 1.97 bits per heavy atom. The predicted molar refractivity (Wildman–Crippen MR) is 123 cm³/mol. The van der Waals surface area contributed by atoms with E-state index in [1.807, 2.05) is 12.1 Å². The lowest BCUT2D eigenvalue weighted by Crippen LogP contribution is -2.73. The van der Waals surface area contributed by atoms with E-state index in [0.717, 1.165) is 31.6 Å². The van der Waals surface area contributed by atoms with Crippen LogP contribution in [0.2, 0.25) is 0 Å². The van der Waals surface area contributed by atoms with Crippen LogP contribution in [0.25, 0.3) is 11.0 Å². The van der Waals surface area contributed by atoms with E-state index in [0.29, 0.717) is 40.1 Å². The lowest BCUT2D eigenvalue weighted by molar-refractivity contribution is -0.0413. The van der Waals surface area contributed by atoms with Crippen LogP contribution in [-0.4, -0.2) is 77.0 Å². The van der Waals surface area contributed by atoms with E-state index in [9.17, 15) is 9.18 Å². The molecule has 2 aliphatic heterocycles. The molecular formula is C23H28FN7O. The second-order valence-corrected chi connectivity index (χ2v) is 9.53. The predicted octanol–water partition coefficient (Wildman–Crippen LogP) is 3.07. The molecule has 5 rings (SSSR count). The fraction of sp³-hybridized carbons (Fsp3) is 0.435. The molecule has 0 bridgehead atoms. The Kier molecular flexibility index (Phi) is 4.81. The molecule has 168 valence electrons. The number of hydrogen-bond acceptors (Lipinski definition) is 6. The van der Waals surface area contributed by atoms with Crippen LogP contribution in [0.1, 0.15) is 24.3 Å². The molecule has 1 amide bonds. The Morgan fingerprint density at radius 3 is 2.62 bits per heavy atom. The summed E-state index contributed by atoms with van der Waals surface area (Å²) in [5, 5.41) is 3.79. The molecule has 2 aliphatic rings. The molecule has 2 N–H and O–H groups in total. The number of benzene rings is 1. The van der Waals surface area contributed by atoms with Crippen molar-refractivity contribution >= 4 is 34.3 Å². The van der Waals surface area contributed by atoms with Gasteiger partial charge in [0.15, 0.2) is 0 Å². The minimum atomic E-state index is -0.260. The van der Waals surface area contributed by atoms with E-state index < -0.39 is 0 Å². The zero-order chi connectivity index (χ0) is 22.6. The SMILES string of the molecule is CC(C)N1CC2(CN(c3ccc(Nc4ncc5cc(C(=O)N(C)C)[nH]c5n4)cc3F)C2)C1. The van der Waals surface area contributed by atoms with E-state index in [2.05, 4.69) is 43.9 Å². The number of amides is 1. The van der Waals surface area contributed by atoms with Gasteiger partial charge < -0.3 is 20.1 Å². The number of carbonyl (C=O) groups is 1. The van der Waals surface area contributed by atoms with Crippen molar-refractivity contribution in [3.8, 4) is 0 Å². The number of likely N-dealkylation sites (tertiary alicyclic amines) is 1. The molecule has 1 spiro atoms. The first-order valence-electron chi connectivity index (χ1n) is 10.9. The number of nitrogens with zero attached hydrogens (tertiary/aromatic N) is 5. The fourth-order valence-corrected chi connectivity index (χ4v) is 4.62. The highest BCUT2D eigenvalue weighted by Crippen LogP contribution is 2.43. The minimum Gasteiger partial charge on any atom is -0.368 e. The molecule has 0 atom stereocenters. The highest BCUT2D eigenvalue weighted by Gasteiger charge is 2.52. The van der Waals surface area contributed by atoms with Crippen molar-refractivity contribution in [1.82, 2.24) is 24.8 Å². The van der Waals surface area contributed by atoms with Crippen LogP contribution in [-0.2, 0) is 0 Å². The number of anilines is 3. The molecule has 9 heteroatoms. The largest absolute Gasteiger partial charge is 0.368 e. The van der Waals surface area contributed by atoms with Gasteiger partial charge in [0.25, 0.3) is 5.91 Å². The number of aromatic amines is 1. The molecule has 2 fully saturated rings.